The second-order valence-corrected chi connectivity index (χ2v) is 24.0. The van der Waals surface area contributed by atoms with Crippen LogP contribution in [0.1, 0.15) is 115 Å². The number of halogens is 10. The fraction of sp³-hybridized carbons (Fsp3) is 0.246. The molecule has 4 aliphatic rings. The second kappa shape index (κ2) is 30.9. The minimum atomic E-state index is -4.83. The first-order valence-electron chi connectivity index (χ1n) is 30.0. The van der Waals surface area contributed by atoms with E-state index in [-0.39, 0.29) is 41.4 Å². The van der Waals surface area contributed by atoms with Crippen molar-refractivity contribution in [3.05, 3.63) is 256 Å². The van der Waals surface area contributed by atoms with E-state index in [1.54, 1.807) is 61.5 Å². The smallest absolute Gasteiger partial charge is 0.446 e. The maximum Gasteiger partial charge on any atom is 0.491 e. The molecule has 0 radical (unpaired) electrons. The van der Waals surface area contributed by atoms with Gasteiger partial charge in [-0.25, -0.2) is 8.78 Å². The maximum atomic E-state index is 13.9. The summed E-state index contributed by atoms with van der Waals surface area (Å²) in [5, 5.41) is 40.0. The van der Waals surface area contributed by atoms with Gasteiger partial charge >= 0.3 is 40.6 Å². The topological polar surface area (TPSA) is 177 Å². The Hall–Kier alpha value is -7.56. The molecule has 0 atom stereocenters. The SMILES string of the molecule is Cc1ccc(C(=O)Cc2ccc3c(c2)B(O)CCC3)c(Cl)c1.Cc1ccc(C(=O)Cc2ccc3c(c2)B(O)OCC3)c(F)c1.O=C(Cc1ccc2c(c1)B(O)OCC2)c1ccc(Cl)cc1C(F)(F)F.O=C(Cc1ccc2c(c1)B(O)OCC2)c1ccc(F)cc1C(F)(F)F. The number of fused-ring (bicyclic) bond motifs is 4. The molecule has 8 aromatic rings. The molecule has 0 aromatic heterocycles. The highest BCUT2D eigenvalue weighted by Crippen LogP contribution is 2.36. The zero-order valence-electron chi connectivity index (χ0n) is 50.8. The Morgan fingerprint density at radius 3 is 1.24 bits per heavy atom. The van der Waals surface area contributed by atoms with Crippen molar-refractivity contribution in [3.63, 3.8) is 0 Å². The highest BCUT2D eigenvalue weighted by molar-refractivity contribution is 6.67. The third-order valence-corrected chi connectivity index (χ3v) is 16.9. The van der Waals surface area contributed by atoms with E-state index in [2.05, 4.69) is 0 Å². The van der Waals surface area contributed by atoms with Crippen LogP contribution >= 0.6 is 23.2 Å². The van der Waals surface area contributed by atoms with Crippen LogP contribution in [0.25, 0.3) is 0 Å². The van der Waals surface area contributed by atoms with Gasteiger partial charge < -0.3 is 34.1 Å². The molecule has 0 unspecified atom stereocenters. The molecular weight excluding hydrogens is 1270 g/mol. The average molecular weight is 1330 g/mol. The maximum absolute atomic E-state index is 13.9. The summed E-state index contributed by atoms with van der Waals surface area (Å²) in [6.45, 7) is 4.58. The molecule has 11 nitrogen and oxygen atoms in total. The van der Waals surface area contributed by atoms with Gasteiger partial charge in [0.1, 0.15) is 11.6 Å². The molecule has 0 amide bonds. The fourth-order valence-electron chi connectivity index (χ4n) is 11.5. The minimum absolute atomic E-state index is 0.00949. The van der Waals surface area contributed by atoms with Crippen molar-refractivity contribution < 1.29 is 88.4 Å². The van der Waals surface area contributed by atoms with E-state index in [9.17, 15) is 74.4 Å². The Morgan fingerprint density at radius 1 is 0.436 bits per heavy atom. The zero-order valence-corrected chi connectivity index (χ0v) is 52.3. The van der Waals surface area contributed by atoms with Gasteiger partial charge in [0.05, 0.1) is 21.7 Å². The highest BCUT2D eigenvalue weighted by atomic mass is 35.5. The van der Waals surface area contributed by atoms with Crippen molar-refractivity contribution in [2.75, 3.05) is 19.8 Å². The molecule has 0 bridgehead atoms. The van der Waals surface area contributed by atoms with Gasteiger partial charge in [0.2, 0.25) is 0 Å². The third kappa shape index (κ3) is 18.1. The van der Waals surface area contributed by atoms with E-state index in [4.69, 9.17) is 37.2 Å². The minimum Gasteiger partial charge on any atom is -0.446 e. The van der Waals surface area contributed by atoms with Gasteiger partial charge in [-0.1, -0.05) is 120 Å². The van der Waals surface area contributed by atoms with Crippen LogP contribution in [0, 0.1) is 25.5 Å². The van der Waals surface area contributed by atoms with Crippen molar-refractivity contribution >= 4 is 96.5 Å². The van der Waals surface area contributed by atoms with Crippen LogP contribution in [0.2, 0.25) is 16.4 Å². The van der Waals surface area contributed by atoms with Crippen molar-refractivity contribution in [3.8, 4) is 0 Å². The molecule has 4 heterocycles. The standard InChI is InChI=1S/C18H18BClO2.C17H13BClF3O3.C17H13BF4O3.C17H16BFO3/c1-12-4-7-15(17(20)9-12)18(21)11-13-5-6-14-3-2-8-19(22)16(14)10-13;2*19-12-3-4-13(14(9-12)17(20,21)22)16(23)8-10-1-2-11-5-6-25-18(24)15(11)7-10;1-11-2-5-14(16(19)8-11)17(20)10-12-3-4-13-6-7-22-18(21)15(13)9-12/h4-7,9-10,22H,2-3,8,11H2,1H3;2*1-4,7,9,24H,5-6,8H2;2-5,8-9,21H,6-7,10H2,1H3. The molecule has 94 heavy (non-hydrogen) atoms. The van der Waals surface area contributed by atoms with Crippen molar-refractivity contribution in [1.29, 1.82) is 0 Å². The Morgan fingerprint density at radius 2 is 0.809 bits per heavy atom. The summed E-state index contributed by atoms with van der Waals surface area (Å²) in [7, 11) is -3.15. The van der Waals surface area contributed by atoms with Gasteiger partial charge in [-0.2, -0.15) is 26.3 Å². The van der Waals surface area contributed by atoms with Gasteiger partial charge in [-0.05, 0) is 178 Å². The number of carbonyl (C=O) groups excluding carboxylic acids is 4. The lowest BCUT2D eigenvalue weighted by atomic mass is 9.53. The number of rotatable bonds is 12. The van der Waals surface area contributed by atoms with Gasteiger partial charge in [0, 0.05) is 67.2 Å². The summed E-state index contributed by atoms with van der Waals surface area (Å²) in [4.78, 5) is 49.4. The van der Waals surface area contributed by atoms with E-state index in [1.807, 2.05) is 49.4 Å². The first-order chi connectivity index (χ1) is 44.6. The second-order valence-electron chi connectivity index (χ2n) is 23.2. The lowest BCUT2D eigenvalue weighted by molar-refractivity contribution is -0.138. The number of ketones is 4. The number of alkyl halides is 6. The summed E-state index contributed by atoms with van der Waals surface area (Å²) in [5.41, 5.74) is 8.48. The summed E-state index contributed by atoms with van der Waals surface area (Å²) in [5.74, 6) is -3.27. The molecule has 0 aliphatic carbocycles. The molecule has 4 aliphatic heterocycles. The van der Waals surface area contributed by atoms with Gasteiger partial charge in [-0.15, -0.1) is 0 Å². The molecular formula is C69H60B4Cl2F8O11. The van der Waals surface area contributed by atoms with Crippen LogP contribution in [0.4, 0.5) is 35.1 Å². The van der Waals surface area contributed by atoms with E-state index >= 15 is 0 Å². The lowest BCUT2D eigenvalue weighted by Gasteiger charge is -2.19. The van der Waals surface area contributed by atoms with E-state index < -0.39 is 86.1 Å². The van der Waals surface area contributed by atoms with Gasteiger partial charge in [0.15, 0.2) is 23.1 Å². The lowest BCUT2D eigenvalue weighted by Crippen LogP contribution is -2.41. The first-order valence-corrected chi connectivity index (χ1v) is 30.8. The van der Waals surface area contributed by atoms with Crippen LogP contribution < -0.4 is 21.9 Å². The van der Waals surface area contributed by atoms with Crippen LogP contribution in [0.5, 0.6) is 0 Å². The van der Waals surface area contributed by atoms with E-state index in [1.165, 1.54) is 23.8 Å². The number of hydrogen-bond donors (Lipinski definition) is 4. The first kappa shape index (κ1) is 70.7. The molecule has 484 valence electrons. The number of Topliss-reactive ketones (excluding diaryl/α,β-unsaturated/α-hetero) is 4. The molecule has 0 saturated heterocycles. The van der Waals surface area contributed by atoms with Crippen LogP contribution in [0.3, 0.4) is 0 Å². The molecule has 0 spiro atoms. The van der Waals surface area contributed by atoms with Crippen molar-refractivity contribution in [1.82, 2.24) is 0 Å². The van der Waals surface area contributed by atoms with Crippen molar-refractivity contribution in [2.45, 2.75) is 90.3 Å². The normalized spacial score (nSPS) is 14.1. The average Bonchev–Trinajstić information content (AvgIpc) is 0.830. The Kier molecular flexibility index (Phi) is 23.2. The molecule has 4 N–H and O–H groups in total. The zero-order chi connectivity index (χ0) is 67.8. The summed E-state index contributed by atoms with van der Waals surface area (Å²) in [6.07, 6.45) is -4.80. The third-order valence-electron chi connectivity index (χ3n) is 16.3. The summed E-state index contributed by atoms with van der Waals surface area (Å²) in [6, 6.07) is 36.6. The number of benzene rings is 8. The Balaban J connectivity index is 0.000000148. The predicted octanol–water partition coefficient (Wildman–Crippen LogP) is 10.6. The summed E-state index contributed by atoms with van der Waals surface area (Å²) >= 11 is 11.8. The Labute approximate surface area is 548 Å². The quantitative estimate of drug-likeness (QED) is 0.0520. The number of carbonyl (C=O) groups is 4. The molecule has 0 saturated carbocycles. The van der Waals surface area contributed by atoms with Crippen molar-refractivity contribution in [2.24, 2.45) is 0 Å². The highest BCUT2D eigenvalue weighted by Gasteiger charge is 2.38. The van der Waals surface area contributed by atoms with Crippen LogP contribution in [0.15, 0.2) is 146 Å². The van der Waals surface area contributed by atoms with E-state index in [0.717, 1.165) is 94.3 Å². The molecule has 12 rings (SSSR count). The summed E-state index contributed by atoms with van der Waals surface area (Å²) < 4.78 is 121. The fourth-order valence-corrected chi connectivity index (χ4v) is 12.0. The van der Waals surface area contributed by atoms with Gasteiger partial charge in [0.25, 0.3) is 0 Å². The predicted molar refractivity (Wildman–Crippen MR) is 346 cm³/mol. The van der Waals surface area contributed by atoms with Crippen LogP contribution in [-0.4, -0.2) is 91.3 Å². The Bertz CT molecular complexity index is 3890. The number of aryl methyl sites for hydroxylation is 3. The van der Waals surface area contributed by atoms with E-state index in [0.29, 0.717) is 83.3 Å². The van der Waals surface area contributed by atoms with Crippen LogP contribution in [-0.2, 0) is 77.7 Å². The largest absolute Gasteiger partial charge is 0.491 e. The monoisotopic (exact) mass is 1330 g/mol. The molecule has 8 aromatic carbocycles. The van der Waals surface area contributed by atoms with Gasteiger partial charge in [-0.3, -0.25) is 19.2 Å². The molecule has 25 heteroatoms. The molecule has 0 fully saturated rings. The number of hydrogen-bond acceptors (Lipinski definition) is 11.